The van der Waals surface area contributed by atoms with E-state index in [-0.39, 0.29) is 0 Å². The van der Waals surface area contributed by atoms with Crippen LogP contribution in [0.15, 0.2) is 48.5 Å². The molecule has 0 saturated carbocycles. The van der Waals surface area contributed by atoms with Gasteiger partial charge in [-0.05, 0) is 30.3 Å². The van der Waals surface area contributed by atoms with Crippen LogP contribution in [0.2, 0.25) is 5.02 Å². The molecule has 0 aliphatic carbocycles. The number of benzene rings is 2. The fourth-order valence-corrected chi connectivity index (χ4v) is 4.25. The van der Waals surface area contributed by atoms with E-state index in [9.17, 15) is 0 Å². The van der Waals surface area contributed by atoms with Gasteiger partial charge in [-0.25, -0.2) is 0 Å². The fourth-order valence-electron chi connectivity index (χ4n) is 3.04. The first-order chi connectivity index (χ1) is 12.7. The van der Waals surface area contributed by atoms with Crippen LogP contribution in [0.3, 0.4) is 0 Å². The van der Waals surface area contributed by atoms with Gasteiger partial charge in [0.2, 0.25) is 5.13 Å². The minimum Gasteiger partial charge on any atom is -0.497 e. The highest BCUT2D eigenvalue weighted by molar-refractivity contribution is 7.18. The summed E-state index contributed by atoms with van der Waals surface area (Å²) in [4.78, 5) is 4.67. The maximum Gasteiger partial charge on any atom is 0.208 e. The highest BCUT2D eigenvalue weighted by Gasteiger charge is 2.21. The Morgan fingerprint density at radius 1 is 0.923 bits per heavy atom. The lowest BCUT2D eigenvalue weighted by Gasteiger charge is -2.35. The molecule has 0 spiro atoms. The largest absolute Gasteiger partial charge is 0.497 e. The van der Waals surface area contributed by atoms with Crippen molar-refractivity contribution in [1.29, 1.82) is 0 Å². The second-order valence-electron chi connectivity index (χ2n) is 6.04. The van der Waals surface area contributed by atoms with Crippen molar-refractivity contribution in [3.63, 3.8) is 0 Å². The van der Waals surface area contributed by atoms with Crippen molar-refractivity contribution >= 4 is 33.8 Å². The van der Waals surface area contributed by atoms with E-state index in [1.165, 1.54) is 5.69 Å². The zero-order valence-electron chi connectivity index (χ0n) is 14.4. The van der Waals surface area contributed by atoms with Crippen LogP contribution >= 0.6 is 22.9 Å². The molecule has 1 saturated heterocycles. The molecule has 2 aromatic carbocycles. The van der Waals surface area contributed by atoms with Gasteiger partial charge in [-0.2, -0.15) is 0 Å². The maximum atomic E-state index is 6.27. The smallest absolute Gasteiger partial charge is 0.208 e. The lowest BCUT2D eigenvalue weighted by Crippen LogP contribution is -2.46. The minimum atomic E-state index is 0.708. The first kappa shape index (κ1) is 17.1. The second-order valence-corrected chi connectivity index (χ2v) is 7.40. The first-order valence-electron chi connectivity index (χ1n) is 8.47. The highest BCUT2D eigenvalue weighted by atomic mass is 35.5. The third-order valence-electron chi connectivity index (χ3n) is 4.51. The highest BCUT2D eigenvalue weighted by Crippen LogP contribution is 2.33. The van der Waals surface area contributed by atoms with Gasteiger partial charge in [-0.15, -0.1) is 10.2 Å². The molecular weight excluding hydrogens is 368 g/mol. The number of hydrogen-bond acceptors (Lipinski definition) is 6. The number of rotatable bonds is 4. The molecule has 134 valence electrons. The van der Waals surface area contributed by atoms with Crippen LogP contribution < -0.4 is 14.5 Å². The van der Waals surface area contributed by atoms with Gasteiger partial charge in [0.25, 0.3) is 0 Å². The van der Waals surface area contributed by atoms with Crippen molar-refractivity contribution in [3.8, 4) is 16.3 Å². The molecule has 5 nitrogen and oxygen atoms in total. The molecule has 0 radical (unpaired) electrons. The van der Waals surface area contributed by atoms with E-state index < -0.39 is 0 Å². The molecule has 0 atom stereocenters. The van der Waals surface area contributed by atoms with Crippen LogP contribution in [0.4, 0.5) is 10.8 Å². The van der Waals surface area contributed by atoms with Crippen molar-refractivity contribution in [2.45, 2.75) is 0 Å². The van der Waals surface area contributed by atoms with Crippen LogP contribution in [0.25, 0.3) is 10.6 Å². The molecule has 0 N–H and O–H groups in total. The number of methoxy groups -OCH3 is 1. The summed E-state index contributed by atoms with van der Waals surface area (Å²) >= 11 is 7.86. The average molecular weight is 387 g/mol. The summed E-state index contributed by atoms with van der Waals surface area (Å²) in [6.45, 7) is 3.74. The summed E-state index contributed by atoms with van der Waals surface area (Å²) in [7, 11) is 1.69. The Kier molecular flexibility index (Phi) is 4.95. The van der Waals surface area contributed by atoms with E-state index in [0.717, 1.165) is 47.6 Å². The maximum absolute atomic E-state index is 6.27. The van der Waals surface area contributed by atoms with Gasteiger partial charge in [0.1, 0.15) is 5.75 Å². The van der Waals surface area contributed by atoms with Crippen molar-refractivity contribution < 1.29 is 4.74 Å². The molecule has 0 unspecified atom stereocenters. The quantitative estimate of drug-likeness (QED) is 0.672. The van der Waals surface area contributed by atoms with E-state index in [1.54, 1.807) is 18.4 Å². The monoisotopic (exact) mass is 386 g/mol. The zero-order chi connectivity index (χ0) is 17.9. The molecule has 0 bridgehead atoms. The molecular formula is C19H19ClN4OS. The van der Waals surface area contributed by atoms with Crippen LogP contribution in [-0.2, 0) is 0 Å². The number of anilines is 2. The second kappa shape index (κ2) is 7.51. The van der Waals surface area contributed by atoms with Gasteiger partial charge in [-0.1, -0.05) is 41.1 Å². The molecule has 26 heavy (non-hydrogen) atoms. The summed E-state index contributed by atoms with van der Waals surface area (Å²) in [6.07, 6.45) is 0. The van der Waals surface area contributed by atoms with Crippen LogP contribution in [0.5, 0.6) is 5.75 Å². The van der Waals surface area contributed by atoms with Crippen molar-refractivity contribution in [3.05, 3.63) is 53.6 Å². The summed E-state index contributed by atoms with van der Waals surface area (Å²) in [5.41, 5.74) is 2.16. The summed E-state index contributed by atoms with van der Waals surface area (Å²) in [5.74, 6) is 0.883. The number of ether oxygens (including phenoxy) is 1. The number of halogens is 1. The Labute approximate surface area is 161 Å². The SMILES string of the molecule is COc1ccc(N2CCN(c3nnc(-c4ccccc4Cl)s3)CC2)cc1. The molecule has 1 aliphatic heterocycles. The standard InChI is InChI=1S/C19H19ClN4OS/c1-25-15-8-6-14(7-9-15)23-10-12-24(13-11-23)19-22-21-18(26-19)16-4-2-3-5-17(16)20/h2-9H,10-13H2,1H3. The molecule has 4 rings (SSSR count). The Morgan fingerprint density at radius 3 is 2.31 bits per heavy atom. The number of aromatic nitrogens is 2. The molecule has 0 amide bonds. The fraction of sp³-hybridized carbons (Fsp3) is 0.263. The summed E-state index contributed by atoms with van der Waals surface area (Å²) < 4.78 is 5.23. The average Bonchev–Trinajstić information content (AvgIpc) is 3.18. The molecule has 1 fully saturated rings. The Bertz CT molecular complexity index is 875. The van der Waals surface area contributed by atoms with Crippen LogP contribution in [-0.4, -0.2) is 43.5 Å². The normalized spacial score (nSPS) is 14.5. The lowest BCUT2D eigenvalue weighted by atomic mass is 10.2. The molecule has 1 aliphatic rings. The number of piperazine rings is 1. The topological polar surface area (TPSA) is 41.5 Å². The first-order valence-corrected chi connectivity index (χ1v) is 9.66. The molecule has 3 aromatic rings. The third kappa shape index (κ3) is 3.48. The predicted octanol–water partition coefficient (Wildman–Crippen LogP) is 4.19. The summed E-state index contributed by atoms with van der Waals surface area (Å²) in [6, 6.07) is 16.0. The van der Waals surface area contributed by atoms with Crippen molar-refractivity contribution in [1.82, 2.24) is 10.2 Å². The van der Waals surface area contributed by atoms with Crippen molar-refractivity contribution in [2.24, 2.45) is 0 Å². The van der Waals surface area contributed by atoms with E-state index in [0.29, 0.717) is 5.02 Å². The van der Waals surface area contributed by atoms with Crippen LogP contribution in [0, 0.1) is 0 Å². The number of hydrogen-bond donors (Lipinski definition) is 0. The molecule has 1 aromatic heterocycles. The van der Waals surface area contributed by atoms with E-state index in [4.69, 9.17) is 16.3 Å². The van der Waals surface area contributed by atoms with Crippen LogP contribution in [0.1, 0.15) is 0 Å². The van der Waals surface area contributed by atoms with Gasteiger partial charge >= 0.3 is 0 Å². The van der Waals surface area contributed by atoms with E-state index in [2.05, 4.69) is 32.1 Å². The van der Waals surface area contributed by atoms with E-state index in [1.807, 2.05) is 36.4 Å². The molecule has 7 heteroatoms. The van der Waals surface area contributed by atoms with Gasteiger partial charge in [-0.3, -0.25) is 0 Å². The van der Waals surface area contributed by atoms with Gasteiger partial charge in [0, 0.05) is 37.4 Å². The lowest BCUT2D eigenvalue weighted by molar-refractivity contribution is 0.415. The van der Waals surface area contributed by atoms with E-state index >= 15 is 0 Å². The number of nitrogens with zero attached hydrogens (tertiary/aromatic N) is 4. The zero-order valence-corrected chi connectivity index (χ0v) is 16.0. The third-order valence-corrected chi connectivity index (χ3v) is 5.85. The minimum absolute atomic E-state index is 0.708. The Balaban J connectivity index is 1.43. The van der Waals surface area contributed by atoms with Crippen molar-refractivity contribution in [2.75, 3.05) is 43.1 Å². The van der Waals surface area contributed by atoms with Gasteiger partial charge in [0.05, 0.1) is 12.1 Å². The Morgan fingerprint density at radius 2 is 1.62 bits per heavy atom. The van der Waals surface area contributed by atoms with Gasteiger partial charge in [0.15, 0.2) is 5.01 Å². The van der Waals surface area contributed by atoms with Gasteiger partial charge < -0.3 is 14.5 Å². The summed E-state index contributed by atoms with van der Waals surface area (Å²) in [5, 5.41) is 11.2. The predicted molar refractivity (Wildman–Crippen MR) is 108 cm³/mol. The molecule has 2 heterocycles. The Hall–Kier alpha value is -2.31.